The van der Waals surface area contributed by atoms with Gasteiger partial charge in [0.25, 0.3) is 0 Å². The van der Waals surface area contributed by atoms with Crippen LogP contribution in [0, 0.1) is 11.8 Å². The van der Waals surface area contributed by atoms with Crippen molar-refractivity contribution in [3.05, 3.63) is 0 Å². The summed E-state index contributed by atoms with van der Waals surface area (Å²) >= 11 is 0. The Morgan fingerprint density at radius 2 is 1.72 bits per heavy atom. The van der Waals surface area contributed by atoms with Crippen LogP contribution >= 0.6 is 0 Å². The highest BCUT2D eigenvalue weighted by Gasteiger charge is 2.32. The lowest BCUT2D eigenvalue weighted by Gasteiger charge is -2.32. The van der Waals surface area contributed by atoms with Crippen molar-refractivity contribution in [2.24, 2.45) is 11.8 Å². The fourth-order valence-corrected chi connectivity index (χ4v) is 5.04. The van der Waals surface area contributed by atoms with Crippen LogP contribution in [0.2, 0.25) is 0 Å². The van der Waals surface area contributed by atoms with Crippen LogP contribution in [0.1, 0.15) is 73.1 Å². The van der Waals surface area contributed by atoms with Gasteiger partial charge in [0, 0.05) is 6.54 Å². The molecule has 0 spiro atoms. The Morgan fingerprint density at radius 3 is 2.24 bits per heavy atom. The molecule has 9 heteroatoms. The van der Waals surface area contributed by atoms with Gasteiger partial charge in [0.2, 0.25) is 10.0 Å². The van der Waals surface area contributed by atoms with Gasteiger partial charge in [0.15, 0.2) is 0 Å². The predicted molar refractivity (Wildman–Crippen MR) is 113 cm³/mol. The highest BCUT2D eigenvalue weighted by atomic mass is 32.2. The van der Waals surface area contributed by atoms with Gasteiger partial charge in [-0.15, -0.1) is 0 Å². The second kappa shape index (κ2) is 11.5. The van der Waals surface area contributed by atoms with Crippen molar-refractivity contribution in [1.82, 2.24) is 10.0 Å². The number of amides is 1. The molecule has 0 aromatic heterocycles. The molecule has 1 saturated carbocycles. The summed E-state index contributed by atoms with van der Waals surface area (Å²) in [5, 5.41) is 23.8. The third-order valence-corrected chi connectivity index (χ3v) is 6.60. The van der Waals surface area contributed by atoms with E-state index in [9.17, 15) is 23.4 Å². The maximum Gasteiger partial charge on any atom is 0.407 e. The second-order valence-corrected chi connectivity index (χ2v) is 11.4. The molecule has 29 heavy (non-hydrogen) atoms. The number of carbonyl (C=O) groups excluding carboxylic acids is 1. The van der Waals surface area contributed by atoms with Crippen LogP contribution < -0.4 is 10.0 Å². The number of ether oxygens (including phenoxy) is 1. The van der Waals surface area contributed by atoms with E-state index in [-0.39, 0.29) is 18.2 Å². The summed E-state index contributed by atoms with van der Waals surface area (Å²) in [6.07, 6.45) is 2.61. The van der Waals surface area contributed by atoms with E-state index in [4.69, 9.17) is 4.74 Å². The van der Waals surface area contributed by atoms with E-state index in [0.29, 0.717) is 12.3 Å². The average molecular weight is 437 g/mol. The highest BCUT2D eigenvalue weighted by molar-refractivity contribution is 7.89. The lowest BCUT2D eigenvalue weighted by atomic mass is 9.83. The van der Waals surface area contributed by atoms with Crippen molar-refractivity contribution < 1.29 is 28.2 Å². The van der Waals surface area contributed by atoms with Crippen molar-refractivity contribution in [3.63, 3.8) is 0 Å². The quantitative estimate of drug-likeness (QED) is 0.416. The number of alkyl carbamates (subject to hydrolysis) is 1. The SMILES string of the molecule is CC(C)CS(=O)(=O)NC[C@H](O)[C@H](O)[C@H](CC1CCCCC1)NC(=O)OC(C)(C)C. The largest absolute Gasteiger partial charge is 0.444 e. The molecule has 0 aliphatic heterocycles. The van der Waals surface area contributed by atoms with Gasteiger partial charge in [-0.05, 0) is 39.0 Å². The third kappa shape index (κ3) is 11.2. The van der Waals surface area contributed by atoms with Gasteiger partial charge >= 0.3 is 6.09 Å². The molecule has 1 aliphatic carbocycles. The van der Waals surface area contributed by atoms with Crippen molar-refractivity contribution >= 4 is 16.1 Å². The van der Waals surface area contributed by atoms with Crippen molar-refractivity contribution in [2.45, 2.75) is 97.0 Å². The number of nitrogens with one attached hydrogen (secondary N) is 2. The molecule has 0 radical (unpaired) electrons. The molecule has 172 valence electrons. The van der Waals surface area contributed by atoms with Crippen LogP contribution in [-0.2, 0) is 14.8 Å². The van der Waals surface area contributed by atoms with Crippen LogP contribution in [0.15, 0.2) is 0 Å². The minimum Gasteiger partial charge on any atom is -0.444 e. The predicted octanol–water partition coefficient (Wildman–Crippen LogP) is 2.15. The van der Waals surface area contributed by atoms with Gasteiger partial charge in [-0.2, -0.15) is 0 Å². The number of hydrogen-bond acceptors (Lipinski definition) is 6. The van der Waals surface area contributed by atoms with Crippen molar-refractivity contribution in [2.75, 3.05) is 12.3 Å². The Bertz CT molecular complexity index is 597. The monoisotopic (exact) mass is 436 g/mol. The fraction of sp³-hybridized carbons (Fsp3) is 0.950. The Morgan fingerprint density at radius 1 is 1.14 bits per heavy atom. The number of carbonyl (C=O) groups is 1. The van der Waals surface area contributed by atoms with E-state index in [1.807, 2.05) is 0 Å². The molecule has 1 amide bonds. The summed E-state index contributed by atoms with van der Waals surface area (Å²) in [6.45, 7) is 8.50. The van der Waals surface area contributed by atoms with E-state index >= 15 is 0 Å². The molecular weight excluding hydrogens is 396 g/mol. The lowest BCUT2D eigenvalue weighted by molar-refractivity contribution is -0.0121. The summed E-state index contributed by atoms with van der Waals surface area (Å²) in [5.74, 6) is 0.225. The zero-order valence-electron chi connectivity index (χ0n) is 18.5. The standard InChI is InChI=1S/C20H40N2O6S/c1-14(2)13-29(26,27)21-12-17(23)18(24)16(11-15-9-7-6-8-10-15)22-19(25)28-20(3,4)5/h14-18,21,23-24H,6-13H2,1-5H3,(H,22,25)/t16-,17-,18+/m0/s1. The Labute approximate surface area is 175 Å². The third-order valence-electron chi connectivity index (χ3n) is 4.89. The number of rotatable bonds is 10. The first-order valence-electron chi connectivity index (χ1n) is 10.6. The zero-order chi connectivity index (χ0) is 22.2. The smallest absolute Gasteiger partial charge is 0.407 e. The molecule has 8 nitrogen and oxygen atoms in total. The van der Waals surface area contributed by atoms with Crippen molar-refractivity contribution in [1.29, 1.82) is 0 Å². The zero-order valence-corrected chi connectivity index (χ0v) is 19.3. The van der Waals surface area contributed by atoms with Crippen molar-refractivity contribution in [3.8, 4) is 0 Å². The van der Waals surface area contributed by atoms with Gasteiger partial charge < -0.3 is 20.3 Å². The molecule has 0 unspecified atom stereocenters. The minimum atomic E-state index is -3.54. The Balaban J connectivity index is 2.76. The van der Waals surface area contributed by atoms with E-state index in [0.717, 1.165) is 25.7 Å². The molecule has 0 aromatic rings. The summed E-state index contributed by atoms with van der Waals surface area (Å²) < 4.78 is 31.6. The summed E-state index contributed by atoms with van der Waals surface area (Å²) in [5.41, 5.74) is -0.685. The van der Waals surface area contributed by atoms with Crippen LogP contribution in [-0.4, -0.2) is 60.9 Å². The van der Waals surface area contributed by atoms with Gasteiger partial charge in [-0.3, -0.25) is 0 Å². The maximum atomic E-state index is 12.2. The maximum absolute atomic E-state index is 12.2. The molecule has 3 atom stereocenters. The lowest BCUT2D eigenvalue weighted by Crippen LogP contribution is -2.53. The first-order chi connectivity index (χ1) is 13.3. The summed E-state index contributed by atoms with van der Waals surface area (Å²) in [6, 6.07) is -0.724. The molecule has 1 aliphatic rings. The Kier molecular flexibility index (Phi) is 10.3. The normalized spacial score (nSPS) is 19.6. The van der Waals surface area contributed by atoms with Crippen LogP contribution in [0.4, 0.5) is 4.79 Å². The fourth-order valence-electron chi connectivity index (χ4n) is 3.62. The van der Waals surface area contributed by atoms with Gasteiger partial charge in [0.1, 0.15) is 11.7 Å². The first-order valence-corrected chi connectivity index (χ1v) is 12.3. The van der Waals surface area contributed by atoms with Gasteiger partial charge in [-0.1, -0.05) is 46.0 Å². The number of sulfonamides is 1. The highest BCUT2D eigenvalue weighted by Crippen LogP contribution is 2.28. The Hall–Kier alpha value is -0.900. The summed E-state index contributed by atoms with van der Waals surface area (Å²) in [4.78, 5) is 12.2. The van der Waals surface area contributed by atoms with Crippen LogP contribution in [0.25, 0.3) is 0 Å². The van der Waals surface area contributed by atoms with E-state index in [1.165, 1.54) is 6.42 Å². The molecule has 0 bridgehead atoms. The van der Waals surface area contributed by atoms with Crippen LogP contribution in [0.3, 0.4) is 0 Å². The number of aliphatic hydroxyl groups excluding tert-OH is 2. The molecule has 0 aromatic carbocycles. The first kappa shape index (κ1) is 26.1. The van der Waals surface area contributed by atoms with Gasteiger partial charge in [-0.25, -0.2) is 17.9 Å². The van der Waals surface area contributed by atoms with Gasteiger partial charge in [0.05, 0.1) is 17.9 Å². The minimum absolute atomic E-state index is 0.0533. The molecule has 0 saturated heterocycles. The number of aliphatic hydroxyl groups is 2. The number of hydrogen-bond donors (Lipinski definition) is 4. The van der Waals surface area contributed by atoms with E-state index in [2.05, 4.69) is 10.0 Å². The van der Waals surface area contributed by atoms with E-state index in [1.54, 1.807) is 34.6 Å². The average Bonchev–Trinajstić information content (AvgIpc) is 2.56. The molecule has 4 N–H and O–H groups in total. The second-order valence-electron chi connectivity index (χ2n) is 9.57. The van der Waals surface area contributed by atoms with Crippen LogP contribution in [0.5, 0.6) is 0 Å². The topological polar surface area (TPSA) is 125 Å². The summed E-state index contributed by atoms with van der Waals surface area (Å²) in [7, 11) is -3.54. The molecule has 0 heterocycles. The molecule has 1 fully saturated rings. The molecule has 1 rings (SSSR count). The molecular formula is C20H40N2O6S. The van der Waals surface area contributed by atoms with E-state index < -0.39 is 40.0 Å².